The van der Waals surface area contributed by atoms with Gasteiger partial charge in [-0.2, -0.15) is 0 Å². The molecule has 1 heterocycles. The molecule has 1 amide bonds. The first-order chi connectivity index (χ1) is 10.1. The van der Waals surface area contributed by atoms with Gasteiger partial charge in [0.25, 0.3) is 0 Å². The van der Waals surface area contributed by atoms with E-state index in [2.05, 4.69) is 4.90 Å². The van der Waals surface area contributed by atoms with Crippen LogP contribution in [0, 0.1) is 5.92 Å². The van der Waals surface area contributed by atoms with Crippen LogP contribution in [0.3, 0.4) is 0 Å². The highest BCUT2D eigenvalue weighted by molar-refractivity contribution is 5.79. The van der Waals surface area contributed by atoms with E-state index in [9.17, 15) is 9.90 Å². The number of amides is 1. The van der Waals surface area contributed by atoms with E-state index in [1.54, 1.807) is 18.2 Å². The first kappa shape index (κ1) is 15.8. The van der Waals surface area contributed by atoms with Crippen LogP contribution in [0.4, 0.5) is 0 Å². The summed E-state index contributed by atoms with van der Waals surface area (Å²) in [5.41, 5.74) is 0.678. The van der Waals surface area contributed by atoms with Gasteiger partial charge in [0.1, 0.15) is 5.75 Å². The van der Waals surface area contributed by atoms with Gasteiger partial charge in [-0.15, -0.1) is 0 Å². The number of carbonyl (C=O) groups is 1. The van der Waals surface area contributed by atoms with E-state index >= 15 is 0 Å². The smallest absolute Gasteiger partial charge is 0.227 e. The summed E-state index contributed by atoms with van der Waals surface area (Å²) in [6, 6.07) is 7.00. The number of phenolic OH excluding ortho intramolecular Hbond substituents is 1. The lowest BCUT2D eigenvalue weighted by atomic mass is 10.1. The van der Waals surface area contributed by atoms with Crippen molar-refractivity contribution < 1.29 is 14.6 Å². The van der Waals surface area contributed by atoms with Gasteiger partial charge in [0.05, 0.1) is 19.6 Å². The first-order valence-electron chi connectivity index (χ1n) is 7.33. The SMILES string of the molecule is CN(C)CC1COCCN(C(=O)Cc2ccccc2O)C1. The molecule has 1 aromatic carbocycles. The van der Waals surface area contributed by atoms with Crippen molar-refractivity contribution >= 4 is 5.91 Å². The molecule has 5 nitrogen and oxygen atoms in total. The van der Waals surface area contributed by atoms with Gasteiger partial charge in [0, 0.05) is 31.1 Å². The van der Waals surface area contributed by atoms with Crippen molar-refractivity contribution in [3.05, 3.63) is 29.8 Å². The Morgan fingerprint density at radius 2 is 2.19 bits per heavy atom. The van der Waals surface area contributed by atoms with Crippen LogP contribution in [0.1, 0.15) is 5.56 Å². The molecular weight excluding hydrogens is 268 g/mol. The molecule has 0 radical (unpaired) electrons. The average Bonchev–Trinajstić information content (AvgIpc) is 2.66. The highest BCUT2D eigenvalue weighted by atomic mass is 16.5. The molecule has 1 atom stereocenters. The van der Waals surface area contributed by atoms with Crippen molar-refractivity contribution in [1.82, 2.24) is 9.80 Å². The third-order valence-electron chi connectivity index (χ3n) is 3.65. The summed E-state index contributed by atoms with van der Waals surface area (Å²) in [7, 11) is 4.05. The second-order valence-electron chi connectivity index (χ2n) is 5.85. The molecule has 116 valence electrons. The molecule has 1 saturated heterocycles. The summed E-state index contributed by atoms with van der Waals surface area (Å²) in [6.07, 6.45) is 0.237. The third-order valence-corrected chi connectivity index (χ3v) is 3.65. The first-order valence-corrected chi connectivity index (χ1v) is 7.33. The van der Waals surface area contributed by atoms with Gasteiger partial charge in [-0.3, -0.25) is 4.79 Å². The molecule has 5 heteroatoms. The maximum Gasteiger partial charge on any atom is 0.227 e. The quantitative estimate of drug-likeness (QED) is 0.898. The van der Waals surface area contributed by atoms with Gasteiger partial charge >= 0.3 is 0 Å². The third kappa shape index (κ3) is 4.72. The fourth-order valence-corrected chi connectivity index (χ4v) is 2.67. The molecular formula is C16H24N2O3. The van der Waals surface area contributed by atoms with E-state index in [1.807, 2.05) is 25.1 Å². The summed E-state index contributed by atoms with van der Waals surface area (Å²) < 4.78 is 5.59. The van der Waals surface area contributed by atoms with Crippen LogP contribution in [-0.2, 0) is 16.0 Å². The lowest BCUT2D eigenvalue weighted by molar-refractivity contribution is -0.130. The molecule has 0 bridgehead atoms. The van der Waals surface area contributed by atoms with Crippen LogP contribution in [-0.4, -0.2) is 67.8 Å². The van der Waals surface area contributed by atoms with E-state index in [-0.39, 0.29) is 18.1 Å². The molecule has 1 aliphatic rings. The summed E-state index contributed by atoms with van der Waals surface area (Å²) >= 11 is 0. The Balaban J connectivity index is 1.98. The second-order valence-corrected chi connectivity index (χ2v) is 5.85. The van der Waals surface area contributed by atoms with Crippen molar-refractivity contribution in [2.75, 3.05) is 46.9 Å². The number of ether oxygens (including phenoxy) is 1. The molecule has 1 aromatic rings. The fraction of sp³-hybridized carbons (Fsp3) is 0.562. The summed E-state index contributed by atoms with van der Waals surface area (Å²) in [4.78, 5) is 16.4. The van der Waals surface area contributed by atoms with Gasteiger partial charge in [-0.05, 0) is 20.2 Å². The Morgan fingerprint density at radius 1 is 1.43 bits per heavy atom. The number of benzene rings is 1. The predicted octanol–water partition coefficient (Wildman–Crippen LogP) is 0.971. The summed E-state index contributed by atoms with van der Waals surface area (Å²) in [5, 5.41) is 9.78. The molecule has 1 aliphatic heterocycles. The minimum atomic E-state index is 0.0470. The van der Waals surface area contributed by atoms with Crippen LogP contribution in [0.5, 0.6) is 5.75 Å². The molecule has 1 fully saturated rings. The molecule has 0 aliphatic carbocycles. The Kier molecular flexibility index (Phi) is 5.59. The number of carbonyl (C=O) groups excluding carboxylic acids is 1. The number of para-hydroxylation sites is 1. The maximum atomic E-state index is 12.4. The van der Waals surface area contributed by atoms with E-state index in [0.29, 0.717) is 37.8 Å². The van der Waals surface area contributed by atoms with Crippen LogP contribution in [0.25, 0.3) is 0 Å². The van der Waals surface area contributed by atoms with E-state index in [0.717, 1.165) is 6.54 Å². The Morgan fingerprint density at radius 3 is 2.90 bits per heavy atom. The normalized spacial score (nSPS) is 19.6. The van der Waals surface area contributed by atoms with Crippen molar-refractivity contribution in [2.24, 2.45) is 5.92 Å². The van der Waals surface area contributed by atoms with E-state index < -0.39 is 0 Å². The summed E-state index contributed by atoms with van der Waals surface area (Å²) in [5.74, 6) is 0.559. The van der Waals surface area contributed by atoms with Crippen LogP contribution in [0.15, 0.2) is 24.3 Å². The van der Waals surface area contributed by atoms with Crippen molar-refractivity contribution in [2.45, 2.75) is 6.42 Å². The molecule has 0 aromatic heterocycles. The van der Waals surface area contributed by atoms with Gasteiger partial charge in [0.2, 0.25) is 5.91 Å². The number of nitrogens with zero attached hydrogens (tertiary/aromatic N) is 2. The topological polar surface area (TPSA) is 53.0 Å². The monoisotopic (exact) mass is 292 g/mol. The Labute approximate surface area is 126 Å². The van der Waals surface area contributed by atoms with E-state index in [1.165, 1.54) is 0 Å². The number of phenols is 1. The lowest BCUT2D eigenvalue weighted by Gasteiger charge is -2.25. The zero-order valence-electron chi connectivity index (χ0n) is 12.8. The molecule has 1 unspecified atom stereocenters. The maximum absolute atomic E-state index is 12.4. The zero-order valence-corrected chi connectivity index (χ0v) is 12.8. The van der Waals surface area contributed by atoms with Crippen LogP contribution in [0.2, 0.25) is 0 Å². The summed E-state index contributed by atoms with van der Waals surface area (Å²) in [6.45, 7) is 3.51. The fourth-order valence-electron chi connectivity index (χ4n) is 2.67. The van der Waals surface area contributed by atoms with Gasteiger partial charge in [-0.1, -0.05) is 18.2 Å². The molecule has 0 saturated carbocycles. The predicted molar refractivity (Wildman–Crippen MR) is 81.3 cm³/mol. The lowest BCUT2D eigenvalue weighted by Crippen LogP contribution is -2.39. The minimum Gasteiger partial charge on any atom is -0.508 e. The van der Waals surface area contributed by atoms with Crippen molar-refractivity contribution in [1.29, 1.82) is 0 Å². The number of hydrogen-bond donors (Lipinski definition) is 1. The molecule has 21 heavy (non-hydrogen) atoms. The molecule has 2 rings (SSSR count). The van der Waals surface area contributed by atoms with Gasteiger partial charge < -0.3 is 19.6 Å². The molecule has 1 N–H and O–H groups in total. The number of rotatable bonds is 4. The van der Waals surface area contributed by atoms with Crippen molar-refractivity contribution in [3.8, 4) is 5.75 Å². The average molecular weight is 292 g/mol. The second kappa shape index (κ2) is 7.43. The highest BCUT2D eigenvalue weighted by Gasteiger charge is 2.23. The van der Waals surface area contributed by atoms with Gasteiger partial charge in [0.15, 0.2) is 0 Å². The van der Waals surface area contributed by atoms with Crippen molar-refractivity contribution in [3.63, 3.8) is 0 Å². The Bertz CT molecular complexity index is 476. The van der Waals surface area contributed by atoms with Crippen LogP contribution >= 0.6 is 0 Å². The van der Waals surface area contributed by atoms with E-state index in [4.69, 9.17) is 4.74 Å². The number of aromatic hydroxyl groups is 1. The van der Waals surface area contributed by atoms with Crippen LogP contribution < -0.4 is 0 Å². The Hall–Kier alpha value is -1.59. The number of hydrogen-bond acceptors (Lipinski definition) is 4. The standard InChI is InChI=1S/C16H24N2O3/c1-17(2)10-13-11-18(7-8-21-12-13)16(20)9-14-5-3-4-6-15(14)19/h3-6,13,19H,7-12H2,1-2H3. The largest absolute Gasteiger partial charge is 0.508 e. The highest BCUT2D eigenvalue weighted by Crippen LogP contribution is 2.18. The van der Waals surface area contributed by atoms with Gasteiger partial charge in [-0.25, -0.2) is 0 Å². The zero-order chi connectivity index (χ0) is 15.2. The minimum absolute atomic E-state index is 0.0470. The molecule has 0 spiro atoms.